The number of hydrogen-bond acceptors (Lipinski definition) is 4. The molecule has 1 aliphatic heterocycles. The van der Waals surface area contributed by atoms with Crippen LogP contribution in [0.1, 0.15) is 38.0 Å². The van der Waals surface area contributed by atoms with E-state index >= 15 is 0 Å². The molecule has 2 heterocycles. The molecule has 13 heavy (non-hydrogen) atoms. The first-order valence-electron chi connectivity index (χ1n) is 4.43. The summed E-state index contributed by atoms with van der Waals surface area (Å²) in [6, 6.07) is 0.235. The van der Waals surface area contributed by atoms with Gasteiger partial charge in [0.15, 0.2) is 5.82 Å². The summed E-state index contributed by atoms with van der Waals surface area (Å²) in [5, 5.41) is 8.05. The van der Waals surface area contributed by atoms with Crippen LogP contribution in [0.4, 0.5) is 5.82 Å². The molecule has 70 valence electrons. The Bertz CT molecular complexity index is 338. The van der Waals surface area contributed by atoms with E-state index in [-0.39, 0.29) is 12.1 Å². The van der Waals surface area contributed by atoms with Crippen LogP contribution in [-0.4, -0.2) is 21.2 Å². The molecule has 0 bridgehead atoms. The monoisotopic (exact) mass is 179 g/mol. The zero-order valence-corrected chi connectivity index (χ0v) is 7.81. The van der Waals surface area contributed by atoms with Crippen LogP contribution in [0.25, 0.3) is 0 Å². The molecule has 0 saturated heterocycles. The summed E-state index contributed by atoms with van der Waals surface area (Å²) < 4.78 is 1.80. The van der Waals surface area contributed by atoms with Crippen molar-refractivity contribution < 1.29 is 0 Å². The molecular formula is C8H13N5. The summed E-state index contributed by atoms with van der Waals surface area (Å²) in [7, 11) is 0. The van der Waals surface area contributed by atoms with E-state index in [2.05, 4.69) is 15.3 Å². The smallest absolute Gasteiger partial charge is 0.175 e. The van der Waals surface area contributed by atoms with Crippen molar-refractivity contribution in [3.05, 3.63) is 5.69 Å². The first kappa shape index (κ1) is 8.37. The van der Waals surface area contributed by atoms with Crippen LogP contribution < -0.4 is 5.73 Å². The molecule has 2 rings (SSSR count). The lowest BCUT2D eigenvalue weighted by Crippen LogP contribution is -2.14. The third kappa shape index (κ3) is 1.25. The predicted molar refractivity (Wildman–Crippen MR) is 50.1 cm³/mol. The van der Waals surface area contributed by atoms with Crippen LogP contribution in [-0.2, 0) is 0 Å². The van der Waals surface area contributed by atoms with Gasteiger partial charge in [-0.1, -0.05) is 5.21 Å². The van der Waals surface area contributed by atoms with Crippen LogP contribution in [0.3, 0.4) is 0 Å². The van der Waals surface area contributed by atoms with Crippen LogP contribution in [0.5, 0.6) is 0 Å². The van der Waals surface area contributed by atoms with Crippen molar-refractivity contribution in [3.8, 4) is 0 Å². The second-order valence-corrected chi connectivity index (χ2v) is 3.49. The number of fused-ring (bicyclic) bond motifs is 1. The molecule has 2 N–H and O–H groups in total. The third-order valence-corrected chi connectivity index (χ3v) is 2.11. The largest absolute Gasteiger partial charge is 0.322 e. The third-order valence-electron chi connectivity index (χ3n) is 2.11. The molecule has 1 aromatic heterocycles. The molecule has 1 aromatic rings. The van der Waals surface area contributed by atoms with Crippen molar-refractivity contribution in [2.75, 3.05) is 0 Å². The molecule has 0 aliphatic carbocycles. The highest BCUT2D eigenvalue weighted by atomic mass is 15.5. The van der Waals surface area contributed by atoms with Gasteiger partial charge in [-0.25, -0.2) is 9.67 Å². The minimum Gasteiger partial charge on any atom is -0.322 e. The lowest BCUT2D eigenvalue weighted by atomic mass is 10.1. The zero-order chi connectivity index (χ0) is 9.42. The van der Waals surface area contributed by atoms with Gasteiger partial charge in [-0.2, -0.15) is 0 Å². The zero-order valence-electron chi connectivity index (χ0n) is 7.81. The fourth-order valence-electron chi connectivity index (χ4n) is 1.38. The first-order chi connectivity index (χ1) is 6.20. The molecule has 0 saturated carbocycles. The molecule has 5 heteroatoms. The minimum atomic E-state index is -0.0417. The van der Waals surface area contributed by atoms with Crippen molar-refractivity contribution in [1.29, 1.82) is 0 Å². The molecule has 1 atom stereocenters. The van der Waals surface area contributed by atoms with Crippen LogP contribution in [0.15, 0.2) is 4.99 Å². The number of nitrogens with zero attached hydrogens (tertiary/aromatic N) is 4. The second kappa shape index (κ2) is 2.92. The van der Waals surface area contributed by atoms with E-state index in [9.17, 15) is 0 Å². The van der Waals surface area contributed by atoms with E-state index in [1.165, 1.54) is 0 Å². The van der Waals surface area contributed by atoms with E-state index in [0.29, 0.717) is 0 Å². The maximum absolute atomic E-state index is 5.85. The topological polar surface area (TPSA) is 69.1 Å². The van der Waals surface area contributed by atoms with Gasteiger partial charge in [-0.05, 0) is 13.8 Å². The summed E-state index contributed by atoms with van der Waals surface area (Å²) in [5.41, 5.74) is 6.67. The summed E-state index contributed by atoms with van der Waals surface area (Å²) in [6.07, 6.45) is 2.58. The van der Waals surface area contributed by atoms with Crippen LogP contribution >= 0.6 is 0 Å². The number of aromatic nitrogens is 3. The van der Waals surface area contributed by atoms with Crippen LogP contribution in [0.2, 0.25) is 0 Å². The van der Waals surface area contributed by atoms with Gasteiger partial charge in [0.05, 0.1) is 12.1 Å². The summed E-state index contributed by atoms with van der Waals surface area (Å²) >= 11 is 0. The average Bonchev–Trinajstić information content (AvgIpc) is 2.48. The second-order valence-electron chi connectivity index (χ2n) is 3.49. The molecule has 0 fully saturated rings. The fourth-order valence-corrected chi connectivity index (χ4v) is 1.38. The highest BCUT2D eigenvalue weighted by Gasteiger charge is 2.21. The Morgan fingerprint density at radius 1 is 1.62 bits per heavy atom. The van der Waals surface area contributed by atoms with Gasteiger partial charge in [-0.3, -0.25) is 0 Å². The van der Waals surface area contributed by atoms with Gasteiger partial charge >= 0.3 is 0 Å². The molecule has 0 radical (unpaired) electrons. The molecule has 0 spiro atoms. The Labute approximate surface area is 76.6 Å². The van der Waals surface area contributed by atoms with E-state index in [4.69, 9.17) is 5.73 Å². The van der Waals surface area contributed by atoms with Crippen molar-refractivity contribution in [3.63, 3.8) is 0 Å². The molecule has 1 unspecified atom stereocenters. The first-order valence-corrected chi connectivity index (χ1v) is 4.43. The average molecular weight is 179 g/mol. The van der Waals surface area contributed by atoms with E-state index in [1.807, 2.05) is 20.1 Å². The van der Waals surface area contributed by atoms with Crippen molar-refractivity contribution in [1.82, 2.24) is 15.0 Å². The maximum Gasteiger partial charge on any atom is 0.175 e. The van der Waals surface area contributed by atoms with Gasteiger partial charge in [0.2, 0.25) is 0 Å². The summed E-state index contributed by atoms with van der Waals surface area (Å²) in [5.74, 6) is 0.814. The fraction of sp³-hybridized carbons (Fsp3) is 0.625. The Balaban J connectivity index is 2.49. The number of aliphatic imine (C=N–C) groups is 1. The Kier molecular flexibility index (Phi) is 1.88. The number of nitrogens with two attached hydrogens (primary N) is 1. The molecule has 0 amide bonds. The molecule has 1 aliphatic rings. The van der Waals surface area contributed by atoms with Gasteiger partial charge < -0.3 is 5.73 Å². The standard InChI is InChI=1S/C8H13N5/c1-5(2)13-8-7(11-12-13)6(9)3-4-10-8/h4-6H,3,9H2,1-2H3. The van der Waals surface area contributed by atoms with Crippen LogP contribution in [0, 0.1) is 0 Å². The van der Waals surface area contributed by atoms with Gasteiger partial charge in [0, 0.05) is 12.6 Å². The summed E-state index contributed by atoms with van der Waals surface area (Å²) in [4.78, 5) is 4.26. The molecule has 0 aromatic carbocycles. The van der Waals surface area contributed by atoms with E-state index in [1.54, 1.807) is 4.68 Å². The van der Waals surface area contributed by atoms with E-state index in [0.717, 1.165) is 17.9 Å². The highest BCUT2D eigenvalue weighted by Crippen LogP contribution is 2.28. The van der Waals surface area contributed by atoms with Crippen molar-refractivity contribution in [2.24, 2.45) is 10.7 Å². The van der Waals surface area contributed by atoms with E-state index < -0.39 is 0 Å². The normalized spacial score (nSPS) is 20.8. The Hall–Kier alpha value is -1.23. The number of hydrogen-bond donors (Lipinski definition) is 1. The quantitative estimate of drug-likeness (QED) is 0.698. The summed E-state index contributed by atoms with van der Waals surface area (Å²) in [6.45, 7) is 4.09. The highest BCUT2D eigenvalue weighted by molar-refractivity contribution is 5.67. The lowest BCUT2D eigenvalue weighted by molar-refractivity contribution is 0.518. The van der Waals surface area contributed by atoms with Gasteiger partial charge in [-0.15, -0.1) is 5.10 Å². The minimum absolute atomic E-state index is 0.0417. The van der Waals surface area contributed by atoms with Crippen molar-refractivity contribution in [2.45, 2.75) is 32.4 Å². The van der Waals surface area contributed by atoms with Gasteiger partial charge in [0.1, 0.15) is 5.69 Å². The maximum atomic E-state index is 5.85. The Morgan fingerprint density at radius 2 is 2.38 bits per heavy atom. The Morgan fingerprint density at radius 3 is 3.08 bits per heavy atom. The SMILES string of the molecule is CC(C)n1nnc2c1N=CCC2N. The van der Waals surface area contributed by atoms with Crippen molar-refractivity contribution >= 4 is 12.0 Å². The predicted octanol–water partition coefficient (Wildman–Crippen LogP) is 0.965. The van der Waals surface area contributed by atoms with Gasteiger partial charge in [0.25, 0.3) is 0 Å². The number of rotatable bonds is 1. The lowest BCUT2D eigenvalue weighted by Gasteiger charge is -2.13. The molecular weight excluding hydrogens is 166 g/mol. The molecule has 5 nitrogen and oxygen atoms in total.